The molecule has 0 bridgehead atoms. The van der Waals surface area contributed by atoms with Gasteiger partial charge in [-0.2, -0.15) is 0 Å². The van der Waals surface area contributed by atoms with Crippen LogP contribution >= 0.6 is 11.6 Å². The molecule has 0 saturated heterocycles. The zero-order valence-electron chi connectivity index (χ0n) is 12.8. The third-order valence-electron chi connectivity index (χ3n) is 3.36. The van der Waals surface area contributed by atoms with Crippen molar-refractivity contribution in [2.45, 2.75) is 45.7 Å². The fourth-order valence-electron chi connectivity index (χ4n) is 1.98. The van der Waals surface area contributed by atoms with E-state index in [-0.39, 0.29) is 5.54 Å². The molecule has 1 rings (SSSR count). The van der Waals surface area contributed by atoms with E-state index >= 15 is 0 Å². The maximum absolute atomic E-state index is 5.92. The molecule has 0 aliphatic heterocycles. The van der Waals surface area contributed by atoms with Crippen molar-refractivity contribution < 1.29 is 0 Å². The molecule has 108 valence electrons. The summed E-state index contributed by atoms with van der Waals surface area (Å²) >= 11 is 5.92. The topological polar surface area (TPSA) is 15.3 Å². The van der Waals surface area contributed by atoms with Gasteiger partial charge >= 0.3 is 0 Å². The van der Waals surface area contributed by atoms with E-state index in [9.17, 15) is 0 Å². The Morgan fingerprint density at radius 3 is 2.32 bits per heavy atom. The Hall–Kier alpha value is -0.570. The van der Waals surface area contributed by atoms with Crippen LogP contribution in [-0.2, 0) is 0 Å². The highest BCUT2D eigenvalue weighted by molar-refractivity contribution is 6.30. The fraction of sp³-hybridized carbons (Fsp3) is 0.625. The van der Waals surface area contributed by atoms with E-state index in [0.29, 0.717) is 6.04 Å². The van der Waals surface area contributed by atoms with Crippen LogP contribution in [0.1, 0.15) is 45.7 Å². The Kier molecular flexibility index (Phi) is 6.31. The second-order valence-electron chi connectivity index (χ2n) is 6.24. The summed E-state index contributed by atoms with van der Waals surface area (Å²) in [5, 5.41) is 4.32. The first-order chi connectivity index (χ1) is 8.79. The summed E-state index contributed by atoms with van der Waals surface area (Å²) < 4.78 is 0. The van der Waals surface area contributed by atoms with Crippen LogP contribution in [0.3, 0.4) is 0 Å². The molecule has 19 heavy (non-hydrogen) atoms. The number of nitrogens with zero attached hydrogens (tertiary/aromatic N) is 1. The molecule has 1 aromatic carbocycles. The van der Waals surface area contributed by atoms with Crippen molar-refractivity contribution in [2.75, 3.05) is 20.1 Å². The quantitative estimate of drug-likeness (QED) is 0.790. The molecule has 0 radical (unpaired) electrons. The molecular formula is C16H27ClN2. The van der Waals surface area contributed by atoms with Gasteiger partial charge in [0.1, 0.15) is 0 Å². The van der Waals surface area contributed by atoms with Gasteiger partial charge in [-0.1, -0.05) is 23.7 Å². The van der Waals surface area contributed by atoms with E-state index in [1.165, 1.54) is 5.56 Å². The summed E-state index contributed by atoms with van der Waals surface area (Å²) in [6, 6.07) is 8.56. The number of hydrogen-bond donors (Lipinski definition) is 1. The zero-order chi connectivity index (χ0) is 14.5. The van der Waals surface area contributed by atoms with Gasteiger partial charge in [0.05, 0.1) is 0 Å². The highest BCUT2D eigenvalue weighted by atomic mass is 35.5. The second kappa shape index (κ2) is 7.28. The molecule has 1 N–H and O–H groups in total. The molecule has 1 unspecified atom stereocenters. The van der Waals surface area contributed by atoms with Gasteiger partial charge in [0.2, 0.25) is 0 Å². The van der Waals surface area contributed by atoms with Crippen molar-refractivity contribution in [1.29, 1.82) is 0 Å². The van der Waals surface area contributed by atoms with E-state index in [4.69, 9.17) is 11.6 Å². The molecule has 0 aromatic heterocycles. The maximum atomic E-state index is 5.92. The Morgan fingerprint density at radius 2 is 1.79 bits per heavy atom. The molecule has 0 aliphatic rings. The Labute approximate surface area is 123 Å². The summed E-state index contributed by atoms with van der Waals surface area (Å²) in [6.07, 6.45) is 1.16. The predicted molar refractivity (Wildman–Crippen MR) is 84.9 cm³/mol. The number of nitrogens with one attached hydrogen (secondary N) is 1. The van der Waals surface area contributed by atoms with Crippen LogP contribution in [-0.4, -0.2) is 30.6 Å². The lowest BCUT2D eigenvalue weighted by Crippen LogP contribution is -2.37. The molecule has 0 aliphatic carbocycles. The van der Waals surface area contributed by atoms with E-state index in [1.54, 1.807) is 0 Å². The van der Waals surface area contributed by atoms with Crippen LogP contribution in [0.15, 0.2) is 24.3 Å². The van der Waals surface area contributed by atoms with Crippen molar-refractivity contribution >= 4 is 11.6 Å². The summed E-state index contributed by atoms with van der Waals surface area (Å²) in [5.74, 6) is 0. The van der Waals surface area contributed by atoms with Crippen LogP contribution in [0.4, 0.5) is 0 Å². The highest BCUT2D eigenvalue weighted by Crippen LogP contribution is 2.20. The second-order valence-corrected chi connectivity index (χ2v) is 6.67. The lowest BCUT2D eigenvalue weighted by molar-refractivity contribution is 0.253. The monoisotopic (exact) mass is 282 g/mol. The minimum Gasteiger partial charge on any atom is -0.312 e. The minimum absolute atomic E-state index is 0.209. The van der Waals surface area contributed by atoms with Gasteiger partial charge in [-0.05, 0) is 71.9 Å². The first-order valence-corrected chi connectivity index (χ1v) is 7.38. The highest BCUT2D eigenvalue weighted by Gasteiger charge is 2.12. The SMILES string of the molecule is CC(c1ccc(Cl)cc1)N(C)CCCNC(C)(C)C. The molecule has 0 amide bonds. The van der Waals surface area contributed by atoms with Gasteiger partial charge in [0.15, 0.2) is 0 Å². The normalized spacial score (nSPS) is 13.8. The Morgan fingerprint density at radius 1 is 1.21 bits per heavy atom. The van der Waals surface area contributed by atoms with Crippen LogP contribution < -0.4 is 5.32 Å². The first kappa shape index (κ1) is 16.5. The molecule has 3 heteroatoms. The fourth-order valence-corrected chi connectivity index (χ4v) is 2.11. The van der Waals surface area contributed by atoms with Crippen LogP contribution in [0, 0.1) is 0 Å². The molecule has 0 heterocycles. The Balaban J connectivity index is 2.36. The minimum atomic E-state index is 0.209. The average Bonchev–Trinajstić information content (AvgIpc) is 2.33. The predicted octanol–water partition coefficient (Wildman–Crippen LogP) is 4.11. The summed E-state index contributed by atoms with van der Waals surface area (Å²) in [7, 11) is 2.18. The first-order valence-electron chi connectivity index (χ1n) is 7.00. The summed E-state index contributed by atoms with van der Waals surface area (Å²) in [4.78, 5) is 2.38. The summed E-state index contributed by atoms with van der Waals surface area (Å²) in [6.45, 7) is 11.0. The van der Waals surface area contributed by atoms with E-state index in [1.807, 2.05) is 12.1 Å². The lowest BCUT2D eigenvalue weighted by Gasteiger charge is -2.26. The van der Waals surface area contributed by atoms with E-state index in [0.717, 1.165) is 24.5 Å². The van der Waals surface area contributed by atoms with Crippen LogP contribution in [0.25, 0.3) is 0 Å². The molecule has 1 aromatic rings. The molecule has 0 fully saturated rings. The molecule has 1 atom stereocenters. The summed E-state index contributed by atoms with van der Waals surface area (Å²) in [5.41, 5.74) is 1.52. The third-order valence-corrected chi connectivity index (χ3v) is 3.61. The van der Waals surface area contributed by atoms with Gasteiger partial charge < -0.3 is 5.32 Å². The number of halogens is 1. The van der Waals surface area contributed by atoms with Crippen molar-refractivity contribution in [1.82, 2.24) is 10.2 Å². The van der Waals surface area contributed by atoms with Gasteiger partial charge in [0.25, 0.3) is 0 Å². The third kappa shape index (κ3) is 6.42. The number of benzene rings is 1. The van der Waals surface area contributed by atoms with Crippen molar-refractivity contribution in [3.63, 3.8) is 0 Å². The van der Waals surface area contributed by atoms with Crippen molar-refractivity contribution in [2.24, 2.45) is 0 Å². The van der Waals surface area contributed by atoms with Crippen molar-refractivity contribution in [3.05, 3.63) is 34.9 Å². The van der Waals surface area contributed by atoms with Gasteiger partial charge in [-0.25, -0.2) is 0 Å². The zero-order valence-corrected chi connectivity index (χ0v) is 13.6. The van der Waals surface area contributed by atoms with Crippen molar-refractivity contribution in [3.8, 4) is 0 Å². The number of hydrogen-bond acceptors (Lipinski definition) is 2. The van der Waals surface area contributed by atoms with Gasteiger partial charge in [0, 0.05) is 16.6 Å². The van der Waals surface area contributed by atoms with E-state index in [2.05, 4.69) is 57.1 Å². The smallest absolute Gasteiger partial charge is 0.0406 e. The van der Waals surface area contributed by atoms with Crippen LogP contribution in [0.2, 0.25) is 5.02 Å². The van der Waals surface area contributed by atoms with Gasteiger partial charge in [-0.15, -0.1) is 0 Å². The average molecular weight is 283 g/mol. The van der Waals surface area contributed by atoms with Gasteiger partial charge in [-0.3, -0.25) is 4.90 Å². The molecule has 0 saturated carbocycles. The maximum Gasteiger partial charge on any atom is 0.0406 e. The largest absolute Gasteiger partial charge is 0.312 e. The number of rotatable bonds is 6. The Bertz CT molecular complexity index is 367. The molecular weight excluding hydrogens is 256 g/mol. The van der Waals surface area contributed by atoms with E-state index < -0.39 is 0 Å². The molecule has 0 spiro atoms. The standard InChI is InChI=1S/C16H27ClN2/c1-13(14-7-9-15(17)10-8-14)19(5)12-6-11-18-16(2,3)4/h7-10,13,18H,6,11-12H2,1-5H3. The molecule has 2 nitrogen and oxygen atoms in total. The van der Waals surface area contributed by atoms with Crippen LogP contribution in [0.5, 0.6) is 0 Å². The lowest BCUT2D eigenvalue weighted by atomic mass is 10.1.